The van der Waals surface area contributed by atoms with Crippen molar-refractivity contribution in [3.63, 3.8) is 0 Å². The van der Waals surface area contributed by atoms with E-state index < -0.39 is 0 Å². The average Bonchev–Trinajstić information content (AvgIpc) is 2.74. The average molecular weight is 395 g/mol. The molecule has 2 rings (SSSR count). The minimum Gasteiger partial charge on any atom is -0.493 e. The first-order valence-corrected chi connectivity index (χ1v) is 10.1. The molecule has 0 aromatic heterocycles. The molecule has 0 radical (unpaired) electrons. The Hall–Kier alpha value is -3.01. The van der Waals surface area contributed by atoms with Gasteiger partial charge in [0.15, 0.2) is 5.78 Å². The highest BCUT2D eigenvalue weighted by atomic mass is 16.5. The summed E-state index contributed by atoms with van der Waals surface area (Å²) in [5.74, 6) is 2.12. The molecule has 0 fully saturated rings. The Morgan fingerprint density at radius 1 is 0.966 bits per heavy atom. The molecule has 0 aliphatic carbocycles. The number of hydrogen-bond acceptors (Lipinski definition) is 4. The Morgan fingerprint density at radius 3 is 2.31 bits per heavy atom. The lowest BCUT2D eigenvalue weighted by atomic mass is 10.0. The lowest BCUT2D eigenvalue weighted by Crippen LogP contribution is -2.03. The normalized spacial score (nSPS) is 10.7. The van der Waals surface area contributed by atoms with Gasteiger partial charge in [0, 0.05) is 5.56 Å². The molecule has 0 aliphatic rings. The number of hydrogen-bond donors (Lipinski definition) is 0. The summed E-state index contributed by atoms with van der Waals surface area (Å²) in [6, 6.07) is 11.1. The van der Waals surface area contributed by atoms with Gasteiger partial charge in [0.05, 0.1) is 18.8 Å². The van der Waals surface area contributed by atoms with Crippen molar-refractivity contribution in [2.24, 2.45) is 0 Å². The monoisotopic (exact) mass is 394 g/mol. The van der Waals surface area contributed by atoms with Gasteiger partial charge >= 0.3 is 0 Å². The van der Waals surface area contributed by atoms with E-state index in [2.05, 4.69) is 13.5 Å². The van der Waals surface area contributed by atoms with Crippen molar-refractivity contribution in [2.75, 3.05) is 19.8 Å². The summed E-state index contributed by atoms with van der Waals surface area (Å²) < 4.78 is 17.2. The third-order valence-corrected chi connectivity index (χ3v) is 4.25. The minimum atomic E-state index is -0.0916. The number of carbonyl (C=O) groups is 1. The van der Waals surface area contributed by atoms with Gasteiger partial charge in [-0.25, -0.2) is 0 Å². The number of aryl methyl sites for hydroxylation is 1. The number of carbonyl (C=O) groups excluding carboxylic acids is 1. The Bertz CT molecular complexity index is 835. The van der Waals surface area contributed by atoms with Crippen LogP contribution in [0.5, 0.6) is 17.2 Å². The van der Waals surface area contributed by atoms with E-state index in [4.69, 9.17) is 14.2 Å². The fourth-order valence-electron chi connectivity index (χ4n) is 2.97. The molecular formula is C25H30O4. The van der Waals surface area contributed by atoms with Crippen LogP contribution >= 0.6 is 0 Å². The highest BCUT2D eigenvalue weighted by Crippen LogP contribution is 2.35. The molecule has 0 atom stereocenters. The highest BCUT2D eigenvalue weighted by molar-refractivity contribution is 6.07. The summed E-state index contributed by atoms with van der Waals surface area (Å²) in [5, 5.41) is 0. The fraction of sp³-hybridized carbons (Fsp3) is 0.320. The predicted molar refractivity (Wildman–Crippen MR) is 118 cm³/mol. The molecule has 0 saturated heterocycles. The lowest BCUT2D eigenvalue weighted by Gasteiger charge is -2.16. The molecule has 0 aliphatic heterocycles. The van der Waals surface area contributed by atoms with E-state index >= 15 is 0 Å². The second-order valence-electron chi connectivity index (χ2n) is 6.40. The number of benzene rings is 2. The van der Waals surface area contributed by atoms with Crippen molar-refractivity contribution < 1.29 is 19.0 Å². The van der Waals surface area contributed by atoms with E-state index in [1.54, 1.807) is 42.5 Å². The number of allylic oxidation sites excluding steroid dienone is 1. The molecule has 0 spiro atoms. The van der Waals surface area contributed by atoms with Crippen molar-refractivity contribution in [2.45, 2.75) is 33.6 Å². The highest BCUT2D eigenvalue weighted by Gasteiger charge is 2.14. The summed E-state index contributed by atoms with van der Waals surface area (Å²) in [7, 11) is 0. The SMILES string of the molecule is C=CCOc1ccc(C(=O)C=Cc2c(OCC)ccc(CCC)c2OCC)cc1. The van der Waals surface area contributed by atoms with E-state index in [1.807, 2.05) is 26.0 Å². The summed E-state index contributed by atoms with van der Waals surface area (Å²) in [5.41, 5.74) is 2.51. The fourth-order valence-corrected chi connectivity index (χ4v) is 2.97. The van der Waals surface area contributed by atoms with Gasteiger partial charge in [-0.2, -0.15) is 0 Å². The van der Waals surface area contributed by atoms with Crippen LogP contribution in [0.25, 0.3) is 6.08 Å². The molecule has 4 nitrogen and oxygen atoms in total. The van der Waals surface area contributed by atoms with Gasteiger partial charge in [-0.05, 0) is 68.3 Å². The molecule has 154 valence electrons. The van der Waals surface area contributed by atoms with Gasteiger partial charge in [-0.15, -0.1) is 0 Å². The van der Waals surface area contributed by atoms with E-state index in [-0.39, 0.29) is 5.78 Å². The lowest BCUT2D eigenvalue weighted by molar-refractivity contribution is 0.104. The van der Waals surface area contributed by atoms with E-state index in [9.17, 15) is 4.79 Å². The number of ether oxygens (including phenoxy) is 3. The van der Waals surface area contributed by atoms with Crippen LogP contribution in [0.4, 0.5) is 0 Å². The first-order valence-electron chi connectivity index (χ1n) is 10.1. The van der Waals surface area contributed by atoms with Gasteiger partial charge in [-0.3, -0.25) is 4.79 Å². The quantitative estimate of drug-likeness (QED) is 0.255. The zero-order valence-corrected chi connectivity index (χ0v) is 17.6. The summed E-state index contributed by atoms with van der Waals surface area (Å²) >= 11 is 0. The molecule has 4 heteroatoms. The minimum absolute atomic E-state index is 0.0916. The van der Waals surface area contributed by atoms with Crippen molar-refractivity contribution in [1.29, 1.82) is 0 Å². The smallest absolute Gasteiger partial charge is 0.185 e. The summed E-state index contributed by atoms with van der Waals surface area (Å²) in [6.07, 6.45) is 6.95. The van der Waals surface area contributed by atoms with Crippen molar-refractivity contribution in [1.82, 2.24) is 0 Å². The maximum atomic E-state index is 12.7. The zero-order valence-electron chi connectivity index (χ0n) is 17.6. The van der Waals surface area contributed by atoms with Crippen LogP contribution in [0.1, 0.15) is 48.7 Å². The van der Waals surface area contributed by atoms with E-state index in [0.29, 0.717) is 36.9 Å². The van der Waals surface area contributed by atoms with Crippen LogP contribution in [0.15, 0.2) is 55.1 Å². The van der Waals surface area contributed by atoms with Crippen molar-refractivity contribution in [3.05, 3.63) is 71.8 Å². The van der Waals surface area contributed by atoms with Crippen LogP contribution in [0, 0.1) is 0 Å². The van der Waals surface area contributed by atoms with Crippen molar-refractivity contribution in [3.8, 4) is 17.2 Å². The van der Waals surface area contributed by atoms with Gasteiger partial charge in [0.25, 0.3) is 0 Å². The Labute approximate surface area is 173 Å². The molecule has 2 aromatic carbocycles. The summed E-state index contributed by atoms with van der Waals surface area (Å²) in [4.78, 5) is 12.7. The van der Waals surface area contributed by atoms with Gasteiger partial charge in [0.1, 0.15) is 23.9 Å². The first kappa shape index (κ1) is 22.3. The topological polar surface area (TPSA) is 44.8 Å². The standard InChI is InChI=1S/C25H30O4/c1-5-9-20-12-17-24(27-7-3)22(25(20)28-8-4)15-16-23(26)19-10-13-21(14-11-19)29-18-6-2/h6,10-17H,2,5,7-9,18H2,1,3-4H3. The van der Waals surface area contributed by atoms with Crippen LogP contribution in [0.3, 0.4) is 0 Å². The zero-order chi connectivity index (χ0) is 21.1. The predicted octanol–water partition coefficient (Wildman–Crippen LogP) is 5.90. The third kappa shape index (κ3) is 6.24. The Kier molecular flexibility index (Phi) is 9.03. The molecule has 2 aromatic rings. The molecule has 0 amide bonds. The molecular weight excluding hydrogens is 364 g/mol. The third-order valence-electron chi connectivity index (χ3n) is 4.25. The summed E-state index contributed by atoms with van der Waals surface area (Å²) in [6.45, 7) is 11.2. The molecule has 0 heterocycles. The van der Waals surface area contributed by atoms with Crippen molar-refractivity contribution >= 4 is 11.9 Å². The number of ketones is 1. The van der Waals surface area contributed by atoms with Crippen LogP contribution in [0.2, 0.25) is 0 Å². The Morgan fingerprint density at radius 2 is 1.69 bits per heavy atom. The first-order chi connectivity index (χ1) is 14.1. The van der Waals surface area contributed by atoms with Gasteiger partial charge in [0.2, 0.25) is 0 Å². The molecule has 0 saturated carbocycles. The molecule has 29 heavy (non-hydrogen) atoms. The van der Waals surface area contributed by atoms with Gasteiger partial charge in [-0.1, -0.05) is 32.1 Å². The Balaban J connectivity index is 2.32. The molecule has 0 unspecified atom stereocenters. The maximum Gasteiger partial charge on any atom is 0.185 e. The van der Waals surface area contributed by atoms with E-state index in [1.165, 1.54) is 0 Å². The number of rotatable bonds is 12. The second-order valence-corrected chi connectivity index (χ2v) is 6.40. The van der Waals surface area contributed by atoms with Crippen LogP contribution in [-0.4, -0.2) is 25.6 Å². The second kappa shape index (κ2) is 11.7. The van der Waals surface area contributed by atoms with Crippen LogP contribution < -0.4 is 14.2 Å². The largest absolute Gasteiger partial charge is 0.493 e. The van der Waals surface area contributed by atoms with Gasteiger partial charge < -0.3 is 14.2 Å². The van der Waals surface area contributed by atoms with Crippen LogP contribution in [-0.2, 0) is 6.42 Å². The molecule has 0 bridgehead atoms. The molecule has 0 N–H and O–H groups in total. The maximum absolute atomic E-state index is 12.7. The van der Waals surface area contributed by atoms with E-state index in [0.717, 1.165) is 29.7 Å².